The SMILES string of the molecule is Cc1cc(NC(=O)CCCl)ccc1[N+](=O)[O-]. The standard InChI is InChI=1S/C10H11ClN2O3/c1-7-6-8(12-10(14)4-5-11)2-3-9(7)13(15)16/h2-3,6H,4-5H2,1H3,(H,12,14). The molecule has 6 heteroatoms. The third-order valence-electron chi connectivity index (χ3n) is 2.00. The van der Waals surface area contributed by atoms with Gasteiger partial charge < -0.3 is 5.32 Å². The summed E-state index contributed by atoms with van der Waals surface area (Å²) in [6.07, 6.45) is 0.220. The van der Waals surface area contributed by atoms with Crippen molar-refractivity contribution in [3.63, 3.8) is 0 Å². The van der Waals surface area contributed by atoms with Crippen LogP contribution in [0.4, 0.5) is 11.4 Å². The molecule has 1 amide bonds. The lowest BCUT2D eigenvalue weighted by Gasteiger charge is -2.05. The van der Waals surface area contributed by atoms with E-state index in [1.54, 1.807) is 13.0 Å². The van der Waals surface area contributed by atoms with Crippen molar-refractivity contribution in [3.05, 3.63) is 33.9 Å². The molecule has 0 aromatic heterocycles. The quantitative estimate of drug-likeness (QED) is 0.501. The molecule has 0 bridgehead atoms. The van der Waals surface area contributed by atoms with Gasteiger partial charge in [-0.1, -0.05) is 0 Å². The average molecular weight is 243 g/mol. The molecule has 0 saturated carbocycles. The van der Waals surface area contributed by atoms with Crippen LogP contribution in [0.5, 0.6) is 0 Å². The van der Waals surface area contributed by atoms with Crippen molar-refractivity contribution in [1.29, 1.82) is 0 Å². The number of alkyl halides is 1. The number of nitrogens with zero attached hydrogens (tertiary/aromatic N) is 1. The second-order valence-corrected chi connectivity index (χ2v) is 3.62. The number of anilines is 1. The zero-order valence-electron chi connectivity index (χ0n) is 8.70. The van der Waals surface area contributed by atoms with Gasteiger partial charge in [0.15, 0.2) is 0 Å². The number of aryl methyl sites for hydroxylation is 1. The number of hydrogen-bond donors (Lipinski definition) is 1. The first-order valence-corrected chi connectivity index (χ1v) is 5.19. The average Bonchev–Trinajstić information content (AvgIpc) is 2.17. The van der Waals surface area contributed by atoms with Crippen LogP contribution < -0.4 is 5.32 Å². The summed E-state index contributed by atoms with van der Waals surface area (Å²) in [5, 5.41) is 13.2. The Morgan fingerprint density at radius 1 is 1.56 bits per heavy atom. The molecule has 86 valence electrons. The van der Waals surface area contributed by atoms with E-state index in [-0.39, 0.29) is 23.9 Å². The van der Waals surface area contributed by atoms with Crippen LogP contribution in [0.1, 0.15) is 12.0 Å². The number of hydrogen-bond acceptors (Lipinski definition) is 3. The molecule has 0 radical (unpaired) electrons. The molecule has 1 aromatic carbocycles. The third-order valence-corrected chi connectivity index (χ3v) is 2.19. The minimum atomic E-state index is -0.459. The van der Waals surface area contributed by atoms with Crippen LogP contribution in [-0.4, -0.2) is 16.7 Å². The van der Waals surface area contributed by atoms with E-state index >= 15 is 0 Å². The normalized spacial score (nSPS) is 9.88. The van der Waals surface area contributed by atoms with Gasteiger partial charge in [-0.2, -0.15) is 0 Å². The highest BCUT2D eigenvalue weighted by molar-refractivity contribution is 6.19. The molecular formula is C10H11ClN2O3. The van der Waals surface area contributed by atoms with Crippen LogP contribution >= 0.6 is 11.6 Å². The minimum Gasteiger partial charge on any atom is -0.326 e. The molecular weight excluding hydrogens is 232 g/mol. The zero-order chi connectivity index (χ0) is 12.1. The Balaban J connectivity index is 2.81. The predicted octanol–water partition coefficient (Wildman–Crippen LogP) is 2.47. The number of amides is 1. The van der Waals surface area contributed by atoms with Crippen molar-refractivity contribution in [2.75, 3.05) is 11.2 Å². The molecule has 5 nitrogen and oxygen atoms in total. The lowest BCUT2D eigenvalue weighted by molar-refractivity contribution is -0.385. The predicted molar refractivity (Wildman–Crippen MR) is 61.8 cm³/mol. The molecule has 1 aromatic rings. The van der Waals surface area contributed by atoms with Crippen molar-refractivity contribution >= 4 is 28.9 Å². The van der Waals surface area contributed by atoms with Crippen LogP contribution in [0.3, 0.4) is 0 Å². The molecule has 0 spiro atoms. The van der Waals surface area contributed by atoms with Gasteiger partial charge in [-0.15, -0.1) is 11.6 Å². The first-order valence-electron chi connectivity index (χ1n) is 4.65. The maximum Gasteiger partial charge on any atom is 0.272 e. The van der Waals surface area contributed by atoms with E-state index in [1.165, 1.54) is 12.1 Å². The summed E-state index contributed by atoms with van der Waals surface area (Å²) < 4.78 is 0. The maximum atomic E-state index is 11.2. The highest BCUT2D eigenvalue weighted by Crippen LogP contribution is 2.21. The summed E-state index contributed by atoms with van der Waals surface area (Å²) in [7, 11) is 0. The Morgan fingerprint density at radius 2 is 2.25 bits per heavy atom. The summed E-state index contributed by atoms with van der Waals surface area (Å²) in [5.41, 5.74) is 1.09. The molecule has 0 fully saturated rings. The van der Waals surface area contributed by atoms with Gasteiger partial charge in [0, 0.05) is 29.6 Å². The fraction of sp³-hybridized carbons (Fsp3) is 0.300. The van der Waals surface area contributed by atoms with Crippen LogP contribution in [0.25, 0.3) is 0 Å². The van der Waals surface area contributed by atoms with E-state index in [0.29, 0.717) is 11.3 Å². The number of halogens is 1. The summed E-state index contributed by atoms with van der Waals surface area (Å²) in [4.78, 5) is 21.3. The second-order valence-electron chi connectivity index (χ2n) is 3.25. The van der Waals surface area contributed by atoms with Gasteiger partial charge in [-0.3, -0.25) is 14.9 Å². The minimum absolute atomic E-state index is 0.0374. The molecule has 0 atom stereocenters. The first-order chi connectivity index (χ1) is 7.54. The number of carbonyl (C=O) groups excluding carboxylic acids is 1. The first kappa shape index (κ1) is 12.4. The number of rotatable bonds is 4. The monoisotopic (exact) mass is 242 g/mol. The van der Waals surface area contributed by atoms with E-state index < -0.39 is 4.92 Å². The van der Waals surface area contributed by atoms with Crippen molar-refractivity contribution in [3.8, 4) is 0 Å². The largest absolute Gasteiger partial charge is 0.326 e. The van der Waals surface area contributed by atoms with E-state index in [9.17, 15) is 14.9 Å². The fourth-order valence-electron chi connectivity index (χ4n) is 1.25. The molecule has 0 unspecified atom stereocenters. The number of benzene rings is 1. The Hall–Kier alpha value is -1.62. The second kappa shape index (κ2) is 5.46. The topological polar surface area (TPSA) is 72.2 Å². The molecule has 1 rings (SSSR count). The molecule has 0 saturated heterocycles. The van der Waals surface area contributed by atoms with Crippen LogP contribution in [0, 0.1) is 17.0 Å². The van der Waals surface area contributed by atoms with Gasteiger partial charge in [-0.25, -0.2) is 0 Å². The van der Waals surface area contributed by atoms with E-state index in [4.69, 9.17) is 11.6 Å². The number of nitro groups is 1. The summed E-state index contributed by atoms with van der Waals surface area (Å²) in [6, 6.07) is 4.42. The van der Waals surface area contributed by atoms with E-state index in [0.717, 1.165) is 0 Å². The maximum absolute atomic E-state index is 11.2. The highest BCUT2D eigenvalue weighted by Gasteiger charge is 2.10. The van der Waals surface area contributed by atoms with Crippen LogP contribution in [-0.2, 0) is 4.79 Å². The molecule has 16 heavy (non-hydrogen) atoms. The Kier molecular flexibility index (Phi) is 4.25. The van der Waals surface area contributed by atoms with Crippen molar-refractivity contribution in [2.24, 2.45) is 0 Å². The number of nitro benzene ring substituents is 1. The van der Waals surface area contributed by atoms with Gasteiger partial charge in [0.2, 0.25) is 5.91 Å². The smallest absolute Gasteiger partial charge is 0.272 e. The Bertz CT molecular complexity index is 421. The number of nitrogens with one attached hydrogen (secondary N) is 1. The zero-order valence-corrected chi connectivity index (χ0v) is 9.45. The summed E-state index contributed by atoms with van der Waals surface area (Å²) in [5.74, 6) is 0.0425. The van der Waals surface area contributed by atoms with Crippen LogP contribution in [0.2, 0.25) is 0 Å². The number of carbonyl (C=O) groups is 1. The highest BCUT2D eigenvalue weighted by atomic mass is 35.5. The molecule has 0 heterocycles. The van der Waals surface area contributed by atoms with Crippen LogP contribution in [0.15, 0.2) is 18.2 Å². The molecule has 0 aliphatic rings. The van der Waals surface area contributed by atoms with Gasteiger partial charge in [0.1, 0.15) is 0 Å². The third kappa shape index (κ3) is 3.20. The Morgan fingerprint density at radius 3 is 2.75 bits per heavy atom. The summed E-state index contributed by atoms with van der Waals surface area (Å²) >= 11 is 5.41. The summed E-state index contributed by atoms with van der Waals surface area (Å²) in [6.45, 7) is 1.62. The van der Waals surface area contributed by atoms with Crippen molar-refractivity contribution < 1.29 is 9.72 Å². The lowest BCUT2D eigenvalue weighted by atomic mass is 10.2. The molecule has 0 aliphatic heterocycles. The van der Waals surface area contributed by atoms with Gasteiger partial charge >= 0.3 is 0 Å². The van der Waals surface area contributed by atoms with Crippen molar-refractivity contribution in [2.45, 2.75) is 13.3 Å². The van der Waals surface area contributed by atoms with Gasteiger partial charge in [0.05, 0.1) is 4.92 Å². The van der Waals surface area contributed by atoms with Crippen molar-refractivity contribution in [1.82, 2.24) is 0 Å². The molecule has 1 N–H and O–H groups in total. The fourth-order valence-corrected chi connectivity index (χ4v) is 1.42. The molecule has 0 aliphatic carbocycles. The lowest BCUT2D eigenvalue weighted by Crippen LogP contribution is -2.11. The Labute approximate surface area is 97.6 Å². The van der Waals surface area contributed by atoms with Gasteiger partial charge in [-0.05, 0) is 19.1 Å². The van der Waals surface area contributed by atoms with Gasteiger partial charge in [0.25, 0.3) is 5.69 Å². The van der Waals surface area contributed by atoms with E-state index in [2.05, 4.69) is 5.32 Å². The van der Waals surface area contributed by atoms with E-state index in [1.807, 2.05) is 0 Å².